The average Bonchev–Trinajstić information content (AvgIpc) is 2.77. The number of hydrogen-bond acceptors (Lipinski definition) is 5. The van der Waals surface area contributed by atoms with Gasteiger partial charge in [-0.3, -0.25) is 10.1 Å². The number of benzene rings is 1. The monoisotopic (exact) mass is 253 g/mol. The molecule has 0 spiro atoms. The minimum atomic E-state index is -1.26. The van der Waals surface area contributed by atoms with Gasteiger partial charge in [0.1, 0.15) is 0 Å². The number of non-ortho nitro benzene ring substituents is 1. The van der Waals surface area contributed by atoms with Gasteiger partial charge in [-0.05, 0) is 18.9 Å². The fraction of sp³-hybridized carbons (Fsp3) is 0.364. The molecule has 96 valence electrons. The SMILES string of the molecule is O=C([O-])[C@@H]1CCCN1c1ccc([N+](=O)[O-])cc1F. The third-order valence-electron chi connectivity index (χ3n) is 2.98. The number of carboxylic acid groups (broad SMARTS) is 1. The van der Waals surface area contributed by atoms with Crippen molar-refractivity contribution in [2.45, 2.75) is 18.9 Å². The summed E-state index contributed by atoms with van der Waals surface area (Å²) in [6.07, 6.45) is 1.01. The molecular weight excluding hydrogens is 243 g/mol. The summed E-state index contributed by atoms with van der Waals surface area (Å²) in [6, 6.07) is 2.30. The van der Waals surface area contributed by atoms with E-state index in [-0.39, 0.29) is 11.4 Å². The molecule has 1 aromatic carbocycles. The molecule has 0 amide bonds. The summed E-state index contributed by atoms with van der Waals surface area (Å²) in [4.78, 5) is 22.0. The fourth-order valence-corrected chi connectivity index (χ4v) is 2.14. The molecule has 0 unspecified atom stereocenters. The zero-order valence-corrected chi connectivity index (χ0v) is 9.34. The van der Waals surface area contributed by atoms with Gasteiger partial charge in [-0.25, -0.2) is 4.39 Å². The van der Waals surface area contributed by atoms with Crippen LogP contribution in [-0.4, -0.2) is 23.5 Å². The number of carbonyl (C=O) groups excluding carboxylic acids is 1. The van der Waals surface area contributed by atoms with Gasteiger partial charge >= 0.3 is 0 Å². The molecule has 1 aromatic rings. The van der Waals surface area contributed by atoms with Crippen LogP contribution < -0.4 is 10.0 Å². The molecule has 0 aliphatic carbocycles. The molecule has 1 fully saturated rings. The lowest BCUT2D eigenvalue weighted by atomic mass is 10.2. The highest BCUT2D eigenvalue weighted by molar-refractivity contribution is 5.77. The molecule has 0 saturated carbocycles. The van der Waals surface area contributed by atoms with E-state index in [2.05, 4.69) is 0 Å². The van der Waals surface area contributed by atoms with Gasteiger partial charge in [-0.2, -0.15) is 0 Å². The lowest BCUT2D eigenvalue weighted by Gasteiger charge is -2.27. The lowest BCUT2D eigenvalue weighted by molar-refractivity contribution is -0.385. The van der Waals surface area contributed by atoms with Crippen LogP contribution in [0.15, 0.2) is 18.2 Å². The number of carboxylic acids is 1. The maximum absolute atomic E-state index is 13.7. The molecular formula is C11H10FN2O4-. The Kier molecular flexibility index (Phi) is 3.14. The third kappa shape index (κ3) is 2.11. The fourth-order valence-electron chi connectivity index (χ4n) is 2.14. The highest BCUT2D eigenvalue weighted by Gasteiger charge is 2.28. The van der Waals surface area contributed by atoms with Crippen LogP contribution in [0.5, 0.6) is 0 Å². The van der Waals surface area contributed by atoms with Crippen molar-refractivity contribution in [1.82, 2.24) is 0 Å². The van der Waals surface area contributed by atoms with Gasteiger partial charge in [-0.1, -0.05) is 0 Å². The van der Waals surface area contributed by atoms with Crippen molar-refractivity contribution in [1.29, 1.82) is 0 Å². The second-order valence-electron chi connectivity index (χ2n) is 4.06. The van der Waals surface area contributed by atoms with Gasteiger partial charge in [0.05, 0.1) is 28.7 Å². The summed E-state index contributed by atoms with van der Waals surface area (Å²) in [5.41, 5.74) is -0.298. The predicted molar refractivity (Wildman–Crippen MR) is 58.4 cm³/mol. The van der Waals surface area contributed by atoms with Crippen molar-refractivity contribution in [3.05, 3.63) is 34.1 Å². The van der Waals surface area contributed by atoms with Crippen LogP contribution in [-0.2, 0) is 4.79 Å². The number of hydrogen-bond donors (Lipinski definition) is 0. The Hall–Kier alpha value is -2.18. The summed E-state index contributed by atoms with van der Waals surface area (Å²) in [5, 5.41) is 21.4. The maximum Gasteiger partial charge on any atom is 0.272 e. The number of carbonyl (C=O) groups is 1. The van der Waals surface area contributed by atoms with Crippen molar-refractivity contribution < 1.29 is 19.2 Å². The Labute approximate surface area is 102 Å². The lowest BCUT2D eigenvalue weighted by Crippen LogP contribution is -2.44. The average molecular weight is 253 g/mol. The first-order valence-corrected chi connectivity index (χ1v) is 5.42. The van der Waals surface area contributed by atoms with E-state index >= 15 is 0 Å². The zero-order valence-electron chi connectivity index (χ0n) is 9.34. The quantitative estimate of drug-likeness (QED) is 0.576. The van der Waals surface area contributed by atoms with Gasteiger partial charge in [0, 0.05) is 12.6 Å². The van der Waals surface area contributed by atoms with Crippen LogP contribution in [0, 0.1) is 15.9 Å². The first kappa shape index (κ1) is 12.3. The molecule has 1 aliphatic rings. The second-order valence-corrected chi connectivity index (χ2v) is 4.06. The Balaban J connectivity index is 2.33. The zero-order chi connectivity index (χ0) is 13.3. The van der Waals surface area contributed by atoms with Gasteiger partial charge in [-0.15, -0.1) is 0 Å². The van der Waals surface area contributed by atoms with Crippen LogP contribution in [0.2, 0.25) is 0 Å². The number of nitrogens with zero attached hydrogens (tertiary/aromatic N) is 2. The molecule has 1 atom stereocenters. The molecule has 7 heteroatoms. The van der Waals surface area contributed by atoms with Gasteiger partial charge in [0.25, 0.3) is 5.69 Å². The van der Waals surface area contributed by atoms with Crippen molar-refractivity contribution in [3.8, 4) is 0 Å². The number of halogens is 1. The minimum Gasteiger partial charge on any atom is -0.548 e. The third-order valence-corrected chi connectivity index (χ3v) is 2.98. The molecule has 6 nitrogen and oxygen atoms in total. The maximum atomic E-state index is 13.7. The summed E-state index contributed by atoms with van der Waals surface area (Å²) in [5.74, 6) is -2.05. The molecule has 0 aromatic heterocycles. The standard InChI is InChI=1S/C11H11FN2O4/c12-8-6-7(14(17)18)3-4-9(8)13-5-1-2-10(13)11(15)16/h3-4,6,10H,1-2,5H2,(H,15,16)/p-1/t10-/m0/s1. The van der Waals surface area contributed by atoms with E-state index in [0.717, 1.165) is 12.1 Å². The second kappa shape index (κ2) is 4.59. The molecule has 1 heterocycles. The van der Waals surface area contributed by atoms with Crippen LogP contribution in [0.1, 0.15) is 12.8 Å². The van der Waals surface area contributed by atoms with Gasteiger partial charge in [0.15, 0.2) is 5.82 Å². The molecule has 0 radical (unpaired) electrons. The molecule has 0 bridgehead atoms. The summed E-state index contributed by atoms with van der Waals surface area (Å²) in [7, 11) is 0. The molecule has 18 heavy (non-hydrogen) atoms. The molecule has 0 N–H and O–H groups in total. The first-order valence-electron chi connectivity index (χ1n) is 5.42. The van der Waals surface area contributed by atoms with Crippen LogP contribution >= 0.6 is 0 Å². The Morgan fingerprint density at radius 3 is 2.78 bits per heavy atom. The summed E-state index contributed by atoms with van der Waals surface area (Å²) in [6.45, 7) is 0.396. The van der Waals surface area contributed by atoms with E-state index in [0.29, 0.717) is 19.4 Å². The van der Waals surface area contributed by atoms with E-state index in [9.17, 15) is 24.4 Å². The van der Waals surface area contributed by atoms with E-state index in [4.69, 9.17) is 0 Å². The number of rotatable bonds is 3. The molecule has 2 rings (SSSR count). The highest BCUT2D eigenvalue weighted by atomic mass is 19.1. The molecule has 1 aliphatic heterocycles. The Morgan fingerprint density at radius 1 is 1.50 bits per heavy atom. The minimum absolute atomic E-state index is 0.0623. The number of anilines is 1. The van der Waals surface area contributed by atoms with Crippen molar-refractivity contribution in [2.75, 3.05) is 11.4 Å². The number of nitro groups is 1. The van der Waals surface area contributed by atoms with E-state index in [1.807, 2.05) is 0 Å². The van der Waals surface area contributed by atoms with E-state index < -0.39 is 22.8 Å². The summed E-state index contributed by atoms with van der Waals surface area (Å²) < 4.78 is 13.7. The Bertz CT molecular complexity index is 506. The summed E-state index contributed by atoms with van der Waals surface area (Å²) >= 11 is 0. The largest absolute Gasteiger partial charge is 0.548 e. The molecule has 1 saturated heterocycles. The van der Waals surface area contributed by atoms with Crippen molar-refractivity contribution in [2.24, 2.45) is 0 Å². The van der Waals surface area contributed by atoms with Crippen LogP contribution in [0.4, 0.5) is 15.8 Å². The van der Waals surface area contributed by atoms with Crippen LogP contribution in [0.25, 0.3) is 0 Å². The van der Waals surface area contributed by atoms with E-state index in [1.165, 1.54) is 11.0 Å². The smallest absolute Gasteiger partial charge is 0.272 e. The predicted octanol–water partition coefficient (Wildman–Crippen LogP) is 0.453. The van der Waals surface area contributed by atoms with Crippen LogP contribution in [0.3, 0.4) is 0 Å². The number of aliphatic carboxylic acids is 1. The van der Waals surface area contributed by atoms with E-state index in [1.54, 1.807) is 0 Å². The van der Waals surface area contributed by atoms with Crippen molar-refractivity contribution >= 4 is 17.3 Å². The first-order chi connectivity index (χ1) is 8.50. The van der Waals surface area contributed by atoms with Gasteiger partial charge < -0.3 is 14.8 Å². The highest BCUT2D eigenvalue weighted by Crippen LogP contribution is 2.29. The topological polar surface area (TPSA) is 86.5 Å². The van der Waals surface area contributed by atoms with Gasteiger partial charge in [0.2, 0.25) is 0 Å². The Morgan fingerprint density at radius 2 is 2.22 bits per heavy atom. The normalized spacial score (nSPS) is 18.9. The van der Waals surface area contributed by atoms with Crippen molar-refractivity contribution in [3.63, 3.8) is 0 Å². The number of nitro benzene ring substituents is 1.